The van der Waals surface area contributed by atoms with E-state index >= 15 is 0 Å². The van der Waals surface area contributed by atoms with Crippen molar-refractivity contribution in [2.75, 3.05) is 0 Å². The number of aromatic nitrogens is 1. The Labute approximate surface area is 127 Å². The van der Waals surface area contributed by atoms with Gasteiger partial charge in [-0.1, -0.05) is 64.9 Å². The van der Waals surface area contributed by atoms with Gasteiger partial charge in [-0.25, -0.2) is 4.98 Å². The van der Waals surface area contributed by atoms with E-state index in [0.29, 0.717) is 5.92 Å². The number of nitrogens with zero attached hydrogens (tertiary/aromatic N) is 1. The van der Waals surface area contributed by atoms with E-state index in [9.17, 15) is 0 Å². The molecule has 1 aromatic heterocycles. The van der Waals surface area contributed by atoms with Gasteiger partial charge < -0.3 is 0 Å². The van der Waals surface area contributed by atoms with Crippen LogP contribution in [0.15, 0.2) is 22.9 Å². The van der Waals surface area contributed by atoms with Crippen LogP contribution in [0.4, 0.5) is 0 Å². The molecule has 0 saturated carbocycles. The van der Waals surface area contributed by atoms with Crippen molar-refractivity contribution in [1.29, 1.82) is 0 Å². The van der Waals surface area contributed by atoms with E-state index in [2.05, 4.69) is 53.1 Å². The molecule has 0 N–H and O–H groups in total. The standard InChI is InChI=1S/C17H28BrN/c1-3-5-7-8-9-11-15(10-6-4-2)16-12-13-17(18)19-14-16/h12-15H,3-11H2,1-2H3. The van der Waals surface area contributed by atoms with Crippen LogP contribution in [0.2, 0.25) is 0 Å². The molecule has 0 spiro atoms. The van der Waals surface area contributed by atoms with Gasteiger partial charge in [0.1, 0.15) is 4.60 Å². The first kappa shape index (κ1) is 16.7. The summed E-state index contributed by atoms with van der Waals surface area (Å²) in [4.78, 5) is 4.38. The summed E-state index contributed by atoms with van der Waals surface area (Å²) >= 11 is 3.42. The van der Waals surface area contributed by atoms with E-state index < -0.39 is 0 Å². The molecule has 0 saturated heterocycles. The topological polar surface area (TPSA) is 12.9 Å². The Morgan fingerprint density at radius 3 is 2.26 bits per heavy atom. The second-order valence-corrected chi connectivity index (χ2v) is 6.27. The zero-order chi connectivity index (χ0) is 13.9. The molecule has 1 nitrogen and oxygen atoms in total. The molecule has 0 radical (unpaired) electrons. The Hall–Kier alpha value is -0.370. The van der Waals surface area contributed by atoms with Crippen molar-refractivity contribution >= 4 is 15.9 Å². The van der Waals surface area contributed by atoms with Crippen LogP contribution in [0.5, 0.6) is 0 Å². The van der Waals surface area contributed by atoms with Gasteiger partial charge in [-0.2, -0.15) is 0 Å². The van der Waals surface area contributed by atoms with Crippen molar-refractivity contribution in [2.24, 2.45) is 0 Å². The molecule has 108 valence electrons. The normalized spacial score (nSPS) is 12.6. The van der Waals surface area contributed by atoms with Crippen molar-refractivity contribution < 1.29 is 0 Å². The number of hydrogen-bond acceptors (Lipinski definition) is 1. The van der Waals surface area contributed by atoms with Gasteiger partial charge in [-0.15, -0.1) is 0 Å². The Kier molecular flexibility index (Phi) is 9.15. The maximum absolute atomic E-state index is 4.38. The number of rotatable bonds is 10. The lowest BCUT2D eigenvalue weighted by molar-refractivity contribution is 0.503. The predicted molar refractivity (Wildman–Crippen MR) is 87.6 cm³/mol. The molecular formula is C17H28BrN. The molecule has 0 aromatic carbocycles. The first-order chi connectivity index (χ1) is 9.27. The molecule has 0 bridgehead atoms. The summed E-state index contributed by atoms with van der Waals surface area (Å²) in [6, 6.07) is 4.31. The van der Waals surface area contributed by atoms with Crippen LogP contribution in [0.1, 0.15) is 83.1 Å². The summed E-state index contributed by atoms with van der Waals surface area (Å²) in [5, 5.41) is 0. The SMILES string of the molecule is CCCCCCCC(CCCC)c1ccc(Br)nc1. The maximum atomic E-state index is 4.38. The van der Waals surface area contributed by atoms with Crippen LogP contribution in [0.3, 0.4) is 0 Å². The third-order valence-corrected chi connectivity index (χ3v) is 4.25. The van der Waals surface area contributed by atoms with Gasteiger partial charge >= 0.3 is 0 Å². The molecular weight excluding hydrogens is 298 g/mol. The largest absolute Gasteiger partial charge is 0.249 e. The van der Waals surface area contributed by atoms with Gasteiger partial charge in [-0.3, -0.25) is 0 Å². The van der Waals surface area contributed by atoms with E-state index in [-0.39, 0.29) is 0 Å². The molecule has 0 aliphatic carbocycles. The van der Waals surface area contributed by atoms with Crippen LogP contribution in [0, 0.1) is 0 Å². The van der Waals surface area contributed by atoms with Gasteiger partial charge in [0.15, 0.2) is 0 Å². The molecule has 2 heteroatoms. The van der Waals surface area contributed by atoms with Crippen molar-refractivity contribution in [3.8, 4) is 0 Å². The first-order valence-corrected chi connectivity index (χ1v) is 8.68. The summed E-state index contributed by atoms with van der Waals surface area (Å²) in [7, 11) is 0. The molecule has 19 heavy (non-hydrogen) atoms. The Morgan fingerprint density at radius 2 is 1.63 bits per heavy atom. The summed E-state index contributed by atoms with van der Waals surface area (Å²) in [6.07, 6.45) is 14.2. The van der Waals surface area contributed by atoms with Gasteiger partial charge in [-0.05, 0) is 46.3 Å². The third-order valence-electron chi connectivity index (χ3n) is 3.78. The molecule has 1 atom stereocenters. The Morgan fingerprint density at radius 1 is 0.947 bits per heavy atom. The highest BCUT2D eigenvalue weighted by molar-refractivity contribution is 9.10. The highest BCUT2D eigenvalue weighted by Gasteiger charge is 2.11. The minimum Gasteiger partial charge on any atom is -0.249 e. The van der Waals surface area contributed by atoms with E-state index in [0.717, 1.165) is 4.60 Å². The first-order valence-electron chi connectivity index (χ1n) is 7.89. The highest BCUT2D eigenvalue weighted by Crippen LogP contribution is 2.28. The molecule has 1 rings (SSSR count). The summed E-state index contributed by atoms with van der Waals surface area (Å²) in [6.45, 7) is 4.55. The molecule has 0 fully saturated rings. The van der Waals surface area contributed by atoms with Crippen LogP contribution < -0.4 is 0 Å². The Balaban J connectivity index is 2.44. The number of pyridine rings is 1. The van der Waals surface area contributed by atoms with E-state index in [1.54, 1.807) is 0 Å². The van der Waals surface area contributed by atoms with Crippen LogP contribution >= 0.6 is 15.9 Å². The molecule has 1 aromatic rings. The number of hydrogen-bond donors (Lipinski definition) is 0. The summed E-state index contributed by atoms with van der Waals surface area (Å²) in [5.41, 5.74) is 1.42. The van der Waals surface area contributed by atoms with E-state index in [1.807, 2.05) is 0 Å². The fourth-order valence-electron chi connectivity index (χ4n) is 2.55. The van der Waals surface area contributed by atoms with E-state index in [4.69, 9.17) is 0 Å². The fraction of sp³-hybridized carbons (Fsp3) is 0.706. The Bertz CT molecular complexity index is 321. The minimum absolute atomic E-state index is 0.710. The van der Waals surface area contributed by atoms with Gasteiger partial charge in [0, 0.05) is 6.20 Å². The van der Waals surface area contributed by atoms with Crippen molar-refractivity contribution in [3.05, 3.63) is 28.5 Å². The van der Waals surface area contributed by atoms with Crippen molar-refractivity contribution in [3.63, 3.8) is 0 Å². The second-order valence-electron chi connectivity index (χ2n) is 5.46. The van der Waals surface area contributed by atoms with Gasteiger partial charge in [0.05, 0.1) is 0 Å². The van der Waals surface area contributed by atoms with Crippen LogP contribution in [-0.4, -0.2) is 4.98 Å². The fourth-order valence-corrected chi connectivity index (χ4v) is 2.79. The predicted octanol–water partition coefficient (Wildman–Crippen LogP) is 6.48. The monoisotopic (exact) mass is 325 g/mol. The molecule has 1 heterocycles. The van der Waals surface area contributed by atoms with Gasteiger partial charge in [0.25, 0.3) is 0 Å². The quantitative estimate of drug-likeness (QED) is 0.354. The highest BCUT2D eigenvalue weighted by atomic mass is 79.9. The molecule has 0 aliphatic rings. The lowest BCUT2D eigenvalue weighted by Gasteiger charge is -2.17. The average Bonchev–Trinajstić information content (AvgIpc) is 2.43. The molecule has 0 aliphatic heterocycles. The number of unbranched alkanes of at least 4 members (excludes halogenated alkanes) is 5. The maximum Gasteiger partial charge on any atom is 0.106 e. The third kappa shape index (κ3) is 7.10. The molecule has 1 unspecified atom stereocenters. The van der Waals surface area contributed by atoms with Gasteiger partial charge in [0.2, 0.25) is 0 Å². The zero-order valence-corrected chi connectivity index (χ0v) is 14.1. The zero-order valence-electron chi connectivity index (χ0n) is 12.5. The van der Waals surface area contributed by atoms with Crippen LogP contribution in [-0.2, 0) is 0 Å². The number of halogens is 1. The lowest BCUT2D eigenvalue weighted by Crippen LogP contribution is -2.00. The van der Waals surface area contributed by atoms with Crippen molar-refractivity contribution in [1.82, 2.24) is 4.98 Å². The minimum atomic E-state index is 0.710. The lowest BCUT2D eigenvalue weighted by atomic mass is 9.89. The summed E-state index contributed by atoms with van der Waals surface area (Å²) < 4.78 is 0.938. The molecule has 0 amide bonds. The second kappa shape index (κ2) is 10.4. The van der Waals surface area contributed by atoms with Crippen molar-refractivity contribution in [2.45, 2.75) is 77.6 Å². The average molecular weight is 326 g/mol. The smallest absolute Gasteiger partial charge is 0.106 e. The summed E-state index contributed by atoms with van der Waals surface area (Å²) in [5.74, 6) is 0.710. The van der Waals surface area contributed by atoms with E-state index in [1.165, 1.54) is 63.4 Å². The van der Waals surface area contributed by atoms with Crippen LogP contribution in [0.25, 0.3) is 0 Å².